The number of thiophene rings is 1. The number of hydrogen-bond acceptors (Lipinski definition) is 4. The van der Waals surface area contributed by atoms with Crippen molar-refractivity contribution in [2.24, 2.45) is 0 Å². The number of carbonyl (C=O) groups excluding carboxylic acids is 2. The zero-order valence-corrected chi connectivity index (χ0v) is 12.2. The lowest BCUT2D eigenvalue weighted by molar-refractivity contribution is -0.138. The lowest BCUT2D eigenvalue weighted by atomic mass is 10.2. The van der Waals surface area contributed by atoms with Gasteiger partial charge in [-0.05, 0) is 35.4 Å². The molecule has 0 aliphatic carbocycles. The maximum atomic E-state index is 12.1. The van der Waals surface area contributed by atoms with Crippen molar-refractivity contribution in [1.82, 2.24) is 10.2 Å². The molecule has 20 heavy (non-hydrogen) atoms. The van der Waals surface area contributed by atoms with E-state index in [9.17, 15) is 9.59 Å². The number of ether oxygens (including phenoxy) is 1. The van der Waals surface area contributed by atoms with E-state index in [-0.39, 0.29) is 11.8 Å². The normalized spacial score (nSPS) is 17.1. The third kappa shape index (κ3) is 4.18. The SMILES string of the molecule is C[C@@H](NC(=O)/C=C\c1ccsc1)C(=O)N1CCOCC1. The smallest absolute Gasteiger partial charge is 0.245 e. The summed E-state index contributed by atoms with van der Waals surface area (Å²) < 4.78 is 5.20. The molecule has 0 aromatic carbocycles. The van der Waals surface area contributed by atoms with Crippen LogP contribution in [0.4, 0.5) is 0 Å². The van der Waals surface area contributed by atoms with Gasteiger partial charge >= 0.3 is 0 Å². The van der Waals surface area contributed by atoms with Gasteiger partial charge in [-0.2, -0.15) is 11.3 Å². The summed E-state index contributed by atoms with van der Waals surface area (Å²) in [5, 5.41) is 6.58. The number of morpholine rings is 1. The Morgan fingerprint density at radius 1 is 1.45 bits per heavy atom. The molecule has 2 amide bonds. The van der Waals surface area contributed by atoms with Gasteiger partial charge in [0.05, 0.1) is 13.2 Å². The van der Waals surface area contributed by atoms with Crippen molar-refractivity contribution in [3.8, 4) is 0 Å². The Bertz CT molecular complexity index is 479. The molecule has 0 spiro atoms. The van der Waals surface area contributed by atoms with Crippen LogP contribution in [0.2, 0.25) is 0 Å². The third-order valence-corrected chi connectivity index (χ3v) is 3.72. The van der Waals surface area contributed by atoms with E-state index in [1.165, 1.54) is 6.08 Å². The number of rotatable bonds is 4. The van der Waals surface area contributed by atoms with Crippen LogP contribution in [0.15, 0.2) is 22.9 Å². The molecular formula is C14H18N2O3S. The molecule has 1 aromatic heterocycles. The minimum Gasteiger partial charge on any atom is -0.378 e. The fraction of sp³-hybridized carbons (Fsp3) is 0.429. The Kier molecular flexibility index (Phi) is 5.31. The van der Waals surface area contributed by atoms with Crippen LogP contribution in [-0.4, -0.2) is 49.1 Å². The Labute approximate surface area is 122 Å². The first-order chi connectivity index (χ1) is 9.66. The highest BCUT2D eigenvalue weighted by Crippen LogP contribution is 2.07. The number of carbonyl (C=O) groups is 2. The largest absolute Gasteiger partial charge is 0.378 e. The summed E-state index contributed by atoms with van der Waals surface area (Å²) in [5.41, 5.74) is 0.984. The predicted octanol–water partition coefficient (Wildman–Crippen LogP) is 1.12. The standard InChI is InChI=1S/C14H18N2O3S/c1-11(14(18)16-5-7-19-8-6-16)15-13(17)3-2-12-4-9-20-10-12/h2-4,9-11H,5-8H2,1H3,(H,15,17)/b3-2-/t11-/m1/s1. The Morgan fingerprint density at radius 2 is 2.20 bits per heavy atom. The molecule has 108 valence electrons. The van der Waals surface area contributed by atoms with Crippen LogP contribution in [0.1, 0.15) is 12.5 Å². The highest BCUT2D eigenvalue weighted by atomic mass is 32.1. The average molecular weight is 294 g/mol. The molecule has 6 heteroatoms. The second-order valence-electron chi connectivity index (χ2n) is 4.56. The summed E-state index contributed by atoms with van der Waals surface area (Å²) in [4.78, 5) is 25.6. The van der Waals surface area contributed by atoms with Crippen molar-refractivity contribution in [2.75, 3.05) is 26.3 Å². The first-order valence-corrected chi connectivity index (χ1v) is 7.48. The van der Waals surface area contributed by atoms with Crippen LogP contribution in [0, 0.1) is 0 Å². The molecule has 0 bridgehead atoms. The molecule has 5 nitrogen and oxygen atoms in total. The van der Waals surface area contributed by atoms with Crippen LogP contribution in [0.3, 0.4) is 0 Å². The minimum atomic E-state index is -0.521. The van der Waals surface area contributed by atoms with Crippen LogP contribution in [0.25, 0.3) is 6.08 Å². The monoisotopic (exact) mass is 294 g/mol. The first kappa shape index (κ1) is 14.7. The number of amides is 2. The number of nitrogens with zero attached hydrogens (tertiary/aromatic N) is 1. The van der Waals surface area contributed by atoms with Crippen molar-refractivity contribution >= 4 is 29.2 Å². The molecule has 2 heterocycles. The topological polar surface area (TPSA) is 58.6 Å². The molecule has 0 radical (unpaired) electrons. The first-order valence-electron chi connectivity index (χ1n) is 6.54. The molecule has 2 rings (SSSR count). The van der Waals surface area contributed by atoms with E-state index in [0.29, 0.717) is 26.3 Å². The van der Waals surface area contributed by atoms with E-state index in [0.717, 1.165) is 5.56 Å². The molecule has 0 unspecified atom stereocenters. The number of hydrogen-bond donors (Lipinski definition) is 1. The quantitative estimate of drug-likeness (QED) is 0.847. The van der Waals surface area contributed by atoms with Crippen LogP contribution >= 0.6 is 11.3 Å². The molecule has 1 fully saturated rings. The van der Waals surface area contributed by atoms with Crippen molar-refractivity contribution < 1.29 is 14.3 Å². The molecule has 1 aliphatic heterocycles. The molecule has 1 aliphatic rings. The van der Waals surface area contributed by atoms with E-state index in [2.05, 4.69) is 5.32 Å². The highest BCUT2D eigenvalue weighted by Gasteiger charge is 2.22. The fourth-order valence-corrected chi connectivity index (χ4v) is 2.55. The summed E-state index contributed by atoms with van der Waals surface area (Å²) in [5.74, 6) is -0.323. The van der Waals surface area contributed by atoms with Crippen LogP contribution in [0.5, 0.6) is 0 Å². The average Bonchev–Trinajstić information content (AvgIpc) is 2.98. The Hall–Kier alpha value is -1.66. The second-order valence-corrected chi connectivity index (χ2v) is 5.34. The van der Waals surface area contributed by atoms with E-state index in [1.807, 2.05) is 16.8 Å². The van der Waals surface area contributed by atoms with Crippen molar-refractivity contribution in [3.05, 3.63) is 28.5 Å². The Morgan fingerprint density at radius 3 is 2.85 bits per heavy atom. The fourth-order valence-electron chi connectivity index (χ4n) is 1.92. The molecule has 1 saturated heterocycles. The van der Waals surface area contributed by atoms with Gasteiger partial charge in [-0.25, -0.2) is 0 Å². The molecular weight excluding hydrogens is 276 g/mol. The van der Waals surface area contributed by atoms with Crippen molar-refractivity contribution in [3.63, 3.8) is 0 Å². The minimum absolute atomic E-state index is 0.0643. The second kappa shape index (κ2) is 7.21. The molecule has 1 atom stereocenters. The Balaban J connectivity index is 1.82. The van der Waals surface area contributed by atoms with Gasteiger partial charge in [0, 0.05) is 19.2 Å². The molecule has 1 N–H and O–H groups in total. The summed E-state index contributed by atoms with van der Waals surface area (Å²) in [6, 6.07) is 1.41. The number of nitrogens with one attached hydrogen (secondary N) is 1. The molecule has 1 aromatic rings. The van der Waals surface area contributed by atoms with Gasteiger partial charge in [0.25, 0.3) is 0 Å². The summed E-state index contributed by atoms with van der Waals surface area (Å²) in [6.07, 6.45) is 3.18. The van der Waals surface area contributed by atoms with Gasteiger partial charge in [-0.1, -0.05) is 0 Å². The lowest BCUT2D eigenvalue weighted by Gasteiger charge is -2.29. The summed E-state index contributed by atoms with van der Waals surface area (Å²) in [7, 11) is 0. The van der Waals surface area contributed by atoms with Gasteiger partial charge < -0.3 is 15.0 Å². The van der Waals surface area contributed by atoms with Crippen LogP contribution < -0.4 is 5.32 Å². The van der Waals surface area contributed by atoms with Gasteiger partial charge in [-0.15, -0.1) is 0 Å². The van der Waals surface area contributed by atoms with Gasteiger partial charge in [-0.3, -0.25) is 9.59 Å². The van der Waals surface area contributed by atoms with Crippen molar-refractivity contribution in [2.45, 2.75) is 13.0 Å². The maximum Gasteiger partial charge on any atom is 0.245 e. The van der Waals surface area contributed by atoms with E-state index in [1.54, 1.807) is 29.2 Å². The maximum absolute atomic E-state index is 12.1. The zero-order valence-electron chi connectivity index (χ0n) is 11.4. The highest BCUT2D eigenvalue weighted by molar-refractivity contribution is 7.08. The zero-order chi connectivity index (χ0) is 14.4. The van der Waals surface area contributed by atoms with Gasteiger partial charge in [0.15, 0.2) is 0 Å². The van der Waals surface area contributed by atoms with Crippen molar-refractivity contribution in [1.29, 1.82) is 0 Å². The lowest BCUT2D eigenvalue weighted by Crippen LogP contribution is -2.50. The third-order valence-electron chi connectivity index (χ3n) is 3.02. The predicted molar refractivity (Wildman–Crippen MR) is 78.4 cm³/mol. The van der Waals surface area contributed by atoms with Crippen LogP contribution in [-0.2, 0) is 14.3 Å². The van der Waals surface area contributed by atoms with E-state index < -0.39 is 6.04 Å². The molecule has 0 saturated carbocycles. The van der Waals surface area contributed by atoms with E-state index >= 15 is 0 Å². The van der Waals surface area contributed by atoms with E-state index in [4.69, 9.17) is 4.74 Å². The van der Waals surface area contributed by atoms with Gasteiger partial charge in [0.2, 0.25) is 11.8 Å². The van der Waals surface area contributed by atoms with Gasteiger partial charge in [0.1, 0.15) is 6.04 Å². The summed E-state index contributed by atoms with van der Waals surface area (Å²) >= 11 is 1.57. The summed E-state index contributed by atoms with van der Waals surface area (Å²) in [6.45, 7) is 4.00.